The molecule has 0 saturated heterocycles. The summed E-state index contributed by atoms with van der Waals surface area (Å²) in [6, 6.07) is 11.2. The molecule has 0 aliphatic rings. The quantitative estimate of drug-likeness (QED) is 0.580. The number of amides is 1. The molecule has 0 radical (unpaired) electrons. The predicted molar refractivity (Wildman–Crippen MR) is 112 cm³/mol. The van der Waals surface area contributed by atoms with Gasteiger partial charge in [0.2, 0.25) is 5.91 Å². The van der Waals surface area contributed by atoms with Crippen molar-refractivity contribution in [2.45, 2.75) is 19.0 Å². The highest BCUT2D eigenvalue weighted by molar-refractivity contribution is 7.99. The van der Waals surface area contributed by atoms with Gasteiger partial charge in [-0.25, -0.2) is 0 Å². The van der Waals surface area contributed by atoms with E-state index in [2.05, 4.69) is 15.5 Å². The Hall–Kier alpha value is -2.02. The maximum atomic E-state index is 12.3. The molecule has 1 heterocycles. The van der Waals surface area contributed by atoms with E-state index in [4.69, 9.17) is 23.2 Å². The normalized spacial score (nSPS) is 10.9. The number of benzene rings is 2. The van der Waals surface area contributed by atoms with Crippen LogP contribution in [0, 0.1) is 13.8 Å². The fourth-order valence-electron chi connectivity index (χ4n) is 2.67. The molecule has 1 amide bonds. The summed E-state index contributed by atoms with van der Waals surface area (Å²) < 4.78 is 1.85. The number of carbonyl (C=O) groups excluding carboxylic acids is 1. The van der Waals surface area contributed by atoms with Crippen molar-refractivity contribution in [1.29, 1.82) is 0 Å². The Morgan fingerprint density at radius 1 is 1.15 bits per heavy atom. The van der Waals surface area contributed by atoms with E-state index in [-0.39, 0.29) is 11.7 Å². The molecular formula is C19H18Cl2N4OS. The van der Waals surface area contributed by atoms with E-state index < -0.39 is 0 Å². The largest absolute Gasteiger partial charge is 0.324 e. The Labute approximate surface area is 172 Å². The summed E-state index contributed by atoms with van der Waals surface area (Å²) in [6.45, 7) is 3.88. The lowest BCUT2D eigenvalue weighted by molar-refractivity contribution is -0.113. The van der Waals surface area contributed by atoms with Gasteiger partial charge in [-0.3, -0.25) is 4.79 Å². The second kappa shape index (κ2) is 8.33. The third-order valence-corrected chi connectivity index (χ3v) is 5.54. The van der Waals surface area contributed by atoms with Crippen LogP contribution in [0.4, 0.5) is 5.69 Å². The minimum Gasteiger partial charge on any atom is -0.324 e. The summed E-state index contributed by atoms with van der Waals surface area (Å²) >= 11 is 13.5. The van der Waals surface area contributed by atoms with E-state index in [0.29, 0.717) is 26.7 Å². The van der Waals surface area contributed by atoms with E-state index >= 15 is 0 Å². The standard InChI is InChI=1S/C19H18Cl2N4OS/c1-11-8-12(2)17(15(21)9-11)22-16(26)10-27-19-24-23-18(25(19)3)13-4-6-14(20)7-5-13/h4-9H,10H2,1-3H3,(H,22,26). The Morgan fingerprint density at radius 3 is 2.52 bits per heavy atom. The highest BCUT2D eigenvalue weighted by Crippen LogP contribution is 2.28. The second-order valence-electron chi connectivity index (χ2n) is 6.15. The van der Waals surface area contributed by atoms with Crippen LogP contribution in [-0.4, -0.2) is 26.4 Å². The van der Waals surface area contributed by atoms with Gasteiger partial charge in [0.15, 0.2) is 11.0 Å². The van der Waals surface area contributed by atoms with Gasteiger partial charge < -0.3 is 9.88 Å². The minimum atomic E-state index is -0.148. The third-order valence-electron chi connectivity index (χ3n) is 3.97. The number of nitrogens with one attached hydrogen (secondary N) is 1. The highest BCUT2D eigenvalue weighted by Gasteiger charge is 2.14. The number of hydrogen-bond donors (Lipinski definition) is 1. The van der Waals surface area contributed by atoms with E-state index in [1.807, 2.05) is 49.7 Å². The van der Waals surface area contributed by atoms with Crippen molar-refractivity contribution in [2.24, 2.45) is 7.05 Å². The van der Waals surface area contributed by atoms with Crippen LogP contribution in [0.15, 0.2) is 41.6 Å². The van der Waals surface area contributed by atoms with Gasteiger partial charge in [-0.15, -0.1) is 10.2 Å². The number of carbonyl (C=O) groups is 1. The smallest absolute Gasteiger partial charge is 0.234 e. The highest BCUT2D eigenvalue weighted by atomic mass is 35.5. The van der Waals surface area contributed by atoms with Gasteiger partial charge in [0, 0.05) is 17.6 Å². The molecule has 0 aliphatic carbocycles. The molecule has 0 fully saturated rings. The maximum Gasteiger partial charge on any atom is 0.234 e. The Bertz CT molecular complexity index is 963. The zero-order valence-electron chi connectivity index (χ0n) is 15.1. The Kier molecular flexibility index (Phi) is 6.09. The van der Waals surface area contributed by atoms with Crippen molar-refractivity contribution in [1.82, 2.24) is 14.8 Å². The van der Waals surface area contributed by atoms with Crippen LogP contribution in [0.5, 0.6) is 0 Å². The Balaban J connectivity index is 1.67. The van der Waals surface area contributed by atoms with Gasteiger partial charge in [0.1, 0.15) is 0 Å². The average molecular weight is 421 g/mol. The third kappa shape index (κ3) is 4.64. The summed E-state index contributed by atoms with van der Waals surface area (Å²) in [5.41, 5.74) is 3.54. The van der Waals surface area contributed by atoms with E-state index in [1.165, 1.54) is 11.8 Å². The molecule has 0 atom stereocenters. The Morgan fingerprint density at radius 2 is 1.85 bits per heavy atom. The van der Waals surface area contributed by atoms with Crippen LogP contribution in [0.2, 0.25) is 10.0 Å². The van der Waals surface area contributed by atoms with Gasteiger partial charge in [0.25, 0.3) is 0 Å². The van der Waals surface area contributed by atoms with Crippen molar-refractivity contribution < 1.29 is 4.79 Å². The van der Waals surface area contributed by atoms with Crippen LogP contribution in [-0.2, 0) is 11.8 Å². The fourth-order valence-corrected chi connectivity index (χ4v) is 3.88. The van der Waals surface area contributed by atoms with Gasteiger partial charge in [0.05, 0.1) is 16.5 Å². The van der Waals surface area contributed by atoms with Gasteiger partial charge in [-0.2, -0.15) is 0 Å². The molecule has 27 heavy (non-hydrogen) atoms. The molecule has 3 aromatic rings. The van der Waals surface area contributed by atoms with Gasteiger partial charge in [-0.1, -0.05) is 41.0 Å². The number of rotatable bonds is 5. The van der Waals surface area contributed by atoms with Crippen molar-refractivity contribution in [3.05, 3.63) is 57.6 Å². The summed E-state index contributed by atoms with van der Waals surface area (Å²) in [4.78, 5) is 12.3. The summed E-state index contributed by atoms with van der Waals surface area (Å²) in [7, 11) is 1.87. The minimum absolute atomic E-state index is 0.148. The molecule has 0 aliphatic heterocycles. The summed E-state index contributed by atoms with van der Waals surface area (Å²) in [5, 5.41) is 13.1. The van der Waals surface area contributed by atoms with Crippen molar-refractivity contribution in [2.75, 3.05) is 11.1 Å². The number of halogens is 2. The van der Waals surface area contributed by atoms with Gasteiger partial charge in [-0.05, 0) is 55.3 Å². The maximum absolute atomic E-state index is 12.3. The molecule has 5 nitrogen and oxygen atoms in total. The molecule has 1 aromatic heterocycles. The molecule has 0 unspecified atom stereocenters. The second-order valence-corrected chi connectivity index (χ2v) is 7.93. The summed E-state index contributed by atoms with van der Waals surface area (Å²) in [5.74, 6) is 0.771. The molecule has 0 saturated carbocycles. The van der Waals surface area contributed by atoms with Gasteiger partial charge >= 0.3 is 0 Å². The molecule has 0 bridgehead atoms. The lowest BCUT2D eigenvalue weighted by Gasteiger charge is -2.11. The lowest BCUT2D eigenvalue weighted by Crippen LogP contribution is -2.15. The van der Waals surface area contributed by atoms with Crippen LogP contribution in [0.1, 0.15) is 11.1 Å². The fraction of sp³-hybridized carbons (Fsp3) is 0.211. The van der Waals surface area contributed by atoms with Crippen molar-refractivity contribution >= 4 is 46.6 Å². The first-order valence-electron chi connectivity index (χ1n) is 8.20. The number of aryl methyl sites for hydroxylation is 2. The van der Waals surface area contributed by atoms with Crippen molar-refractivity contribution in [3.8, 4) is 11.4 Å². The molecule has 140 valence electrons. The first-order valence-corrected chi connectivity index (χ1v) is 9.94. The van der Waals surface area contributed by atoms with Crippen LogP contribution in [0.3, 0.4) is 0 Å². The number of aromatic nitrogens is 3. The average Bonchev–Trinajstić information content (AvgIpc) is 2.98. The van der Waals surface area contributed by atoms with E-state index in [0.717, 1.165) is 16.7 Å². The molecule has 1 N–H and O–H groups in total. The molecule has 3 rings (SSSR count). The zero-order valence-corrected chi connectivity index (χ0v) is 17.4. The molecule has 2 aromatic carbocycles. The molecular weight excluding hydrogens is 403 g/mol. The topological polar surface area (TPSA) is 59.8 Å². The number of anilines is 1. The zero-order chi connectivity index (χ0) is 19.6. The predicted octanol–water partition coefficient (Wildman–Crippen LogP) is 5.14. The SMILES string of the molecule is Cc1cc(C)c(NC(=O)CSc2nnc(-c3ccc(Cl)cc3)n2C)c(Cl)c1. The number of thioether (sulfide) groups is 1. The molecule has 8 heteroatoms. The first-order chi connectivity index (χ1) is 12.8. The van der Waals surface area contributed by atoms with Crippen LogP contribution in [0.25, 0.3) is 11.4 Å². The van der Waals surface area contributed by atoms with Crippen molar-refractivity contribution in [3.63, 3.8) is 0 Å². The van der Waals surface area contributed by atoms with E-state index in [1.54, 1.807) is 12.1 Å². The van der Waals surface area contributed by atoms with E-state index in [9.17, 15) is 4.79 Å². The number of nitrogens with zero attached hydrogens (tertiary/aromatic N) is 3. The first kappa shape index (κ1) is 19.7. The van der Waals surface area contributed by atoms with Crippen LogP contribution < -0.4 is 5.32 Å². The monoisotopic (exact) mass is 420 g/mol. The van der Waals surface area contributed by atoms with Crippen LogP contribution >= 0.6 is 35.0 Å². The lowest BCUT2D eigenvalue weighted by atomic mass is 10.1. The summed E-state index contributed by atoms with van der Waals surface area (Å²) in [6.07, 6.45) is 0. The number of hydrogen-bond acceptors (Lipinski definition) is 4. The molecule has 0 spiro atoms.